The number of amides is 2. The number of halogens is 1. The van der Waals surface area contributed by atoms with Gasteiger partial charge in [0.05, 0.1) is 10.5 Å². The predicted molar refractivity (Wildman–Crippen MR) is 103 cm³/mol. The minimum atomic E-state index is -0.393. The molecule has 0 aliphatic carbocycles. The van der Waals surface area contributed by atoms with Crippen molar-refractivity contribution < 1.29 is 9.59 Å². The van der Waals surface area contributed by atoms with Crippen molar-refractivity contribution in [3.63, 3.8) is 0 Å². The second-order valence-corrected chi connectivity index (χ2v) is 7.42. The molecular formula is C16H9IN2O2S2. The normalized spacial score (nSPS) is 16.2. The Bertz CT molecular complexity index is 837. The zero-order valence-corrected chi connectivity index (χ0v) is 15.4. The van der Waals surface area contributed by atoms with Gasteiger partial charge in [-0.2, -0.15) is 0 Å². The largest absolute Gasteiger partial charge is 0.273 e. The summed E-state index contributed by atoms with van der Waals surface area (Å²) in [7, 11) is 0. The molecule has 3 rings (SSSR count). The van der Waals surface area contributed by atoms with Crippen molar-refractivity contribution in [2.75, 3.05) is 0 Å². The number of thioether (sulfide) groups is 1. The van der Waals surface area contributed by atoms with Gasteiger partial charge in [0.2, 0.25) is 0 Å². The van der Waals surface area contributed by atoms with Gasteiger partial charge in [-0.15, -0.1) is 0 Å². The molecule has 2 aromatic rings. The van der Waals surface area contributed by atoms with E-state index in [1.807, 2.05) is 12.1 Å². The summed E-state index contributed by atoms with van der Waals surface area (Å²) in [6.45, 7) is 0. The van der Waals surface area contributed by atoms with Gasteiger partial charge in [-0.3, -0.25) is 14.6 Å². The number of carbonyl (C=O) groups excluding carboxylic acids is 2. The lowest BCUT2D eigenvalue weighted by Crippen LogP contribution is -2.35. The van der Waals surface area contributed by atoms with Crippen LogP contribution in [0, 0.1) is 3.57 Å². The third-order valence-corrected chi connectivity index (χ3v) is 5.35. The number of imide groups is 1. The van der Waals surface area contributed by atoms with Crippen molar-refractivity contribution in [1.29, 1.82) is 0 Å². The van der Waals surface area contributed by atoms with Gasteiger partial charge in [-0.05, 0) is 58.5 Å². The van der Waals surface area contributed by atoms with E-state index in [0.29, 0.717) is 10.5 Å². The summed E-state index contributed by atoms with van der Waals surface area (Å²) >= 11 is 8.42. The topological polar surface area (TPSA) is 50.3 Å². The van der Waals surface area contributed by atoms with Crippen LogP contribution in [-0.2, 0) is 4.79 Å². The van der Waals surface area contributed by atoms with E-state index in [1.165, 1.54) is 0 Å². The minimum Gasteiger partial charge on any atom is -0.268 e. The lowest BCUT2D eigenvalue weighted by molar-refractivity contribution is -0.120. The number of pyridine rings is 1. The van der Waals surface area contributed by atoms with E-state index in [1.54, 1.807) is 42.7 Å². The Morgan fingerprint density at radius 2 is 1.91 bits per heavy atom. The number of hydrogen-bond acceptors (Lipinski definition) is 5. The predicted octanol–water partition coefficient (Wildman–Crippen LogP) is 3.73. The van der Waals surface area contributed by atoms with Crippen LogP contribution < -0.4 is 0 Å². The van der Waals surface area contributed by atoms with E-state index in [0.717, 1.165) is 25.8 Å². The number of hydrogen-bond donors (Lipinski definition) is 0. The molecule has 114 valence electrons. The molecule has 7 heteroatoms. The smallest absolute Gasteiger partial charge is 0.268 e. The van der Waals surface area contributed by atoms with Crippen molar-refractivity contribution in [2.24, 2.45) is 0 Å². The van der Waals surface area contributed by atoms with Crippen molar-refractivity contribution >= 4 is 68.8 Å². The number of rotatable bonds is 2. The van der Waals surface area contributed by atoms with E-state index in [9.17, 15) is 9.59 Å². The Hall–Kier alpha value is -1.58. The maximum atomic E-state index is 12.6. The molecule has 1 fully saturated rings. The van der Waals surface area contributed by atoms with Crippen LogP contribution in [0.4, 0.5) is 0 Å². The van der Waals surface area contributed by atoms with Gasteiger partial charge in [0.25, 0.3) is 11.8 Å². The highest BCUT2D eigenvalue weighted by Crippen LogP contribution is 2.34. The molecule has 0 unspecified atom stereocenters. The van der Waals surface area contributed by atoms with E-state index in [2.05, 4.69) is 27.6 Å². The molecule has 0 bridgehead atoms. The standard InChI is InChI=1S/C16H9IN2O2S2/c17-12-4-2-1-3-11(12)14(20)19-15(21)13(23-16(19)22)9-10-5-7-18-8-6-10/h1-9H/b13-9+. The van der Waals surface area contributed by atoms with Crippen LogP contribution in [0.3, 0.4) is 0 Å². The summed E-state index contributed by atoms with van der Waals surface area (Å²) in [6, 6.07) is 10.7. The second kappa shape index (κ2) is 6.90. The highest BCUT2D eigenvalue weighted by Gasteiger charge is 2.37. The van der Waals surface area contributed by atoms with Gasteiger partial charge in [-0.1, -0.05) is 36.1 Å². The number of benzene rings is 1. The molecule has 0 saturated carbocycles. The first-order valence-electron chi connectivity index (χ1n) is 6.55. The third-order valence-electron chi connectivity index (χ3n) is 3.10. The van der Waals surface area contributed by atoms with Crippen LogP contribution in [0.15, 0.2) is 53.7 Å². The van der Waals surface area contributed by atoms with Crippen LogP contribution in [0.25, 0.3) is 6.08 Å². The molecule has 23 heavy (non-hydrogen) atoms. The highest BCUT2D eigenvalue weighted by molar-refractivity contribution is 14.1. The van der Waals surface area contributed by atoms with Gasteiger partial charge >= 0.3 is 0 Å². The summed E-state index contributed by atoms with van der Waals surface area (Å²) in [4.78, 5) is 30.6. The molecule has 2 heterocycles. The summed E-state index contributed by atoms with van der Waals surface area (Å²) < 4.78 is 1.03. The molecule has 0 radical (unpaired) electrons. The Morgan fingerprint density at radius 1 is 1.22 bits per heavy atom. The number of thiocarbonyl (C=S) groups is 1. The van der Waals surface area contributed by atoms with E-state index >= 15 is 0 Å². The lowest BCUT2D eigenvalue weighted by atomic mass is 10.2. The Morgan fingerprint density at radius 3 is 2.61 bits per heavy atom. The monoisotopic (exact) mass is 452 g/mol. The molecule has 1 saturated heterocycles. The fourth-order valence-corrected chi connectivity index (χ4v) is 3.88. The molecule has 1 aromatic carbocycles. The summed E-state index contributed by atoms with van der Waals surface area (Å²) in [5.74, 6) is -0.780. The first-order chi connectivity index (χ1) is 11.1. The van der Waals surface area contributed by atoms with Crippen LogP contribution >= 0.6 is 46.6 Å². The average Bonchev–Trinajstić information content (AvgIpc) is 2.82. The number of carbonyl (C=O) groups is 2. The Kier molecular flexibility index (Phi) is 4.88. The molecule has 1 aliphatic heterocycles. The molecule has 0 atom stereocenters. The minimum absolute atomic E-state index is 0.250. The zero-order chi connectivity index (χ0) is 16.4. The Labute approximate surface area is 156 Å². The van der Waals surface area contributed by atoms with Gasteiger partial charge in [-0.25, -0.2) is 4.90 Å². The highest BCUT2D eigenvalue weighted by atomic mass is 127. The first kappa shape index (κ1) is 16.3. The van der Waals surface area contributed by atoms with Crippen LogP contribution in [0.5, 0.6) is 0 Å². The van der Waals surface area contributed by atoms with Crippen molar-refractivity contribution in [2.45, 2.75) is 0 Å². The van der Waals surface area contributed by atoms with E-state index in [-0.39, 0.29) is 10.2 Å². The van der Waals surface area contributed by atoms with Gasteiger partial charge < -0.3 is 0 Å². The Balaban J connectivity index is 1.92. The molecule has 4 nitrogen and oxygen atoms in total. The average molecular weight is 452 g/mol. The maximum absolute atomic E-state index is 12.6. The number of nitrogens with zero attached hydrogens (tertiary/aromatic N) is 2. The quantitative estimate of drug-likeness (QED) is 0.301. The van der Waals surface area contributed by atoms with Gasteiger partial charge in [0.15, 0.2) is 4.32 Å². The molecular weight excluding hydrogens is 443 g/mol. The third kappa shape index (κ3) is 3.36. The zero-order valence-electron chi connectivity index (χ0n) is 11.6. The van der Waals surface area contributed by atoms with Crippen molar-refractivity contribution in [3.05, 3.63) is 68.4 Å². The molecule has 1 aromatic heterocycles. The van der Waals surface area contributed by atoms with E-state index in [4.69, 9.17) is 12.2 Å². The maximum Gasteiger partial charge on any atom is 0.273 e. The molecule has 0 spiro atoms. The van der Waals surface area contributed by atoms with Gasteiger partial charge in [0.1, 0.15) is 0 Å². The van der Waals surface area contributed by atoms with Crippen LogP contribution in [0.2, 0.25) is 0 Å². The lowest BCUT2D eigenvalue weighted by Gasteiger charge is -2.13. The van der Waals surface area contributed by atoms with E-state index < -0.39 is 5.91 Å². The summed E-state index contributed by atoms with van der Waals surface area (Å²) in [6.07, 6.45) is 5.00. The molecule has 2 amide bonds. The second-order valence-electron chi connectivity index (χ2n) is 4.58. The first-order valence-corrected chi connectivity index (χ1v) is 8.85. The molecule has 1 aliphatic rings. The van der Waals surface area contributed by atoms with Crippen LogP contribution in [0.1, 0.15) is 15.9 Å². The fraction of sp³-hybridized carbons (Fsp3) is 0. The number of aromatic nitrogens is 1. The molecule has 0 N–H and O–H groups in total. The van der Waals surface area contributed by atoms with Crippen molar-refractivity contribution in [1.82, 2.24) is 9.88 Å². The summed E-state index contributed by atoms with van der Waals surface area (Å²) in [5.41, 5.74) is 1.30. The SMILES string of the molecule is O=C1/C(=C\c2ccncc2)SC(=S)N1C(=O)c1ccccc1I. The fourth-order valence-electron chi connectivity index (χ4n) is 2.01. The summed E-state index contributed by atoms with van der Waals surface area (Å²) in [5, 5.41) is 0. The van der Waals surface area contributed by atoms with Crippen LogP contribution in [-0.4, -0.2) is 26.0 Å². The van der Waals surface area contributed by atoms with Crippen molar-refractivity contribution in [3.8, 4) is 0 Å². The van der Waals surface area contributed by atoms with Gasteiger partial charge in [0, 0.05) is 16.0 Å².